The third-order valence-electron chi connectivity index (χ3n) is 7.70. The molecule has 0 aromatic heterocycles. The minimum absolute atomic E-state index is 0.231. The number of anilines is 1. The van der Waals surface area contributed by atoms with Crippen molar-refractivity contribution in [3.8, 4) is 0 Å². The number of piperidine rings is 1. The number of allylic oxidation sites excluding steroid dienone is 1. The van der Waals surface area contributed by atoms with Crippen molar-refractivity contribution in [3.05, 3.63) is 41.5 Å². The van der Waals surface area contributed by atoms with Gasteiger partial charge in [0, 0.05) is 37.1 Å². The molecule has 1 aromatic carbocycles. The van der Waals surface area contributed by atoms with Gasteiger partial charge in [0.25, 0.3) is 0 Å². The van der Waals surface area contributed by atoms with E-state index in [1.807, 2.05) is 0 Å². The number of quaternary nitrogens is 1. The van der Waals surface area contributed by atoms with E-state index < -0.39 is 0 Å². The fourth-order valence-electron chi connectivity index (χ4n) is 6.76. The lowest BCUT2D eigenvalue weighted by Crippen LogP contribution is -2.67. The number of fused-ring (bicyclic) bond motifs is 2. The van der Waals surface area contributed by atoms with Crippen molar-refractivity contribution in [3.63, 3.8) is 0 Å². The monoisotopic (exact) mass is 311 g/mol. The van der Waals surface area contributed by atoms with Crippen molar-refractivity contribution < 1.29 is 9.59 Å². The molecule has 1 saturated carbocycles. The number of rotatable bonds is 1. The van der Waals surface area contributed by atoms with Crippen LogP contribution in [0.4, 0.5) is 5.69 Å². The van der Waals surface area contributed by atoms with E-state index in [0.29, 0.717) is 30.5 Å². The van der Waals surface area contributed by atoms with E-state index in [1.165, 1.54) is 41.7 Å². The quantitative estimate of drug-likeness (QED) is 0.617. The molecule has 3 nitrogen and oxygen atoms in total. The zero-order valence-corrected chi connectivity index (χ0v) is 14.1. The molecule has 2 saturated heterocycles. The maximum absolute atomic E-state index is 10.3. The third-order valence-corrected chi connectivity index (χ3v) is 7.70. The molecule has 1 spiro atoms. The van der Waals surface area contributed by atoms with Crippen LogP contribution in [-0.4, -0.2) is 48.4 Å². The second kappa shape index (κ2) is 4.40. The van der Waals surface area contributed by atoms with Gasteiger partial charge in [-0.3, -0.25) is 0 Å². The largest absolute Gasteiger partial charge is 0.396 e. The molecule has 122 valence electrons. The summed E-state index contributed by atoms with van der Waals surface area (Å²) in [5.74, 6) is 0.899. The van der Waals surface area contributed by atoms with Crippen LogP contribution in [0.5, 0.6) is 0 Å². The van der Waals surface area contributed by atoms with Gasteiger partial charge in [0.1, 0.15) is 12.6 Å². The maximum atomic E-state index is 10.3. The van der Waals surface area contributed by atoms with Crippen LogP contribution in [0.2, 0.25) is 0 Å². The summed E-state index contributed by atoms with van der Waals surface area (Å²) in [6.07, 6.45) is 4.83. The number of hydrogen-bond acceptors (Lipinski definition) is 2. The number of aliphatic hydroxyl groups excluding tert-OH is 1. The molecular weight excluding hydrogens is 284 g/mol. The lowest BCUT2D eigenvalue weighted by atomic mass is 9.55. The molecule has 3 heterocycles. The Balaban J connectivity index is 1.74. The van der Waals surface area contributed by atoms with Crippen LogP contribution in [0, 0.1) is 11.8 Å². The first-order valence-corrected chi connectivity index (χ1v) is 9.10. The lowest BCUT2D eigenvalue weighted by molar-refractivity contribution is -0.925. The maximum Gasteiger partial charge on any atom is 0.102 e. The van der Waals surface area contributed by atoms with Gasteiger partial charge >= 0.3 is 0 Å². The molecule has 3 fully saturated rings. The summed E-state index contributed by atoms with van der Waals surface area (Å²) in [5, 5.41) is 14.1. The molecule has 6 atom stereocenters. The van der Waals surface area contributed by atoms with E-state index in [1.54, 1.807) is 5.57 Å². The van der Waals surface area contributed by atoms with Crippen molar-refractivity contribution in [2.45, 2.75) is 37.3 Å². The van der Waals surface area contributed by atoms with Gasteiger partial charge in [0.05, 0.1) is 19.0 Å². The first-order chi connectivity index (χ1) is 11.1. The summed E-state index contributed by atoms with van der Waals surface area (Å²) in [4.78, 5) is 0. The minimum atomic E-state index is 0.231. The Morgan fingerprint density at radius 1 is 1.39 bits per heavy atom. The zero-order chi connectivity index (χ0) is 15.8. The summed E-state index contributed by atoms with van der Waals surface area (Å²) in [7, 11) is 2.47. The first-order valence-electron chi connectivity index (χ1n) is 9.10. The number of aliphatic hydroxyl groups is 1. The average molecular weight is 311 g/mol. The van der Waals surface area contributed by atoms with E-state index in [4.69, 9.17) is 0 Å². The highest BCUT2D eigenvalue weighted by Crippen LogP contribution is 2.62. The minimum Gasteiger partial charge on any atom is -0.396 e. The van der Waals surface area contributed by atoms with Crippen LogP contribution in [-0.2, 0) is 5.41 Å². The van der Waals surface area contributed by atoms with Crippen molar-refractivity contribution >= 4 is 5.69 Å². The fourth-order valence-corrected chi connectivity index (χ4v) is 6.76. The van der Waals surface area contributed by atoms with E-state index >= 15 is 0 Å². The standard InChI is InChI=1S/C20H27N2O/c1-3-13-11-22(2)9-8-20-16-6-4-5-7-17(16)21-19(20)15(12-23)14(13)10-18(20)22/h3-7,14-15,18-19,21,23H,8-12H2,1-2H3/q+1/b13-3+/t14-,15+,18+,19-,20+,22-/m0/s1. The van der Waals surface area contributed by atoms with Gasteiger partial charge in [0.15, 0.2) is 0 Å². The summed E-state index contributed by atoms with van der Waals surface area (Å²) in [5.41, 5.74) is 4.65. The smallest absolute Gasteiger partial charge is 0.102 e. The highest BCUT2D eigenvalue weighted by atomic mass is 16.3. The second-order valence-corrected chi connectivity index (χ2v) is 8.39. The normalized spacial score (nSPS) is 48.0. The first kappa shape index (κ1) is 14.1. The Morgan fingerprint density at radius 3 is 3.00 bits per heavy atom. The molecule has 4 aliphatic rings. The zero-order valence-electron chi connectivity index (χ0n) is 14.1. The van der Waals surface area contributed by atoms with Crippen LogP contribution >= 0.6 is 0 Å². The van der Waals surface area contributed by atoms with Gasteiger partial charge in [-0.15, -0.1) is 0 Å². The summed E-state index contributed by atoms with van der Waals surface area (Å²) in [6.45, 7) is 4.93. The average Bonchev–Trinajstić information content (AvgIpc) is 3.08. The highest BCUT2D eigenvalue weighted by molar-refractivity contribution is 5.64. The Labute approximate surface area is 138 Å². The predicted octanol–water partition coefficient (Wildman–Crippen LogP) is 2.53. The molecule has 3 aliphatic heterocycles. The SMILES string of the molecule is C/C=C1\C[N@+]2(C)CC[C@]34c5ccccc5N[C@H]3[C@H](CO)[C@H]1C[C@H]42. The van der Waals surface area contributed by atoms with Gasteiger partial charge in [-0.1, -0.05) is 24.3 Å². The number of benzene rings is 1. The van der Waals surface area contributed by atoms with Crippen LogP contribution in [0.15, 0.2) is 35.9 Å². The second-order valence-electron chi connectivity index (χ2n) is 8.39. The van der Waals surface area contributed by atoms with Crippen LogP contribution in [0.3, 0.4) is 0 Å². The summed E-state index contributed by atoms with van der Waals surface area (Å²) >= 11 is 0. The van der Waals surface area contributed by atoms with Gasteiger partial charge in [-0.25, -0.2) is 0 Å². The molecule has 2 bridgehead atoms. The Kier molecular flexibility index (Phi) is 2.69. The van der Waals surface area contributed by atoms with Crippen molar-refractivity contribution in [1.29, 1.82) is 0 Å². The molecular formula is C20H27N2O+. The van der Waals surface area contributed by atoms with Crippen LogP contribution in [0.1, 0.15) is 25.3 Å². The van der Waals surface area contributed by atoms with E-state index in [2.05, 4.69) is 49.6 Å². The van der Waals surface area contributed by atoms with E-state index in [9.17, 15) is 5.11 Å². The molecule has 0 unspecified atom stereocenters. The topological polar surface area (TPSA) is 32.3 Å². The summed E-state index contributed by atoms with van der Waals surface area (Å²) in [6, 6.07) is 10.0. The van der Waals surface area contributed by atoms with Gasteiger partial charge in [0.2, 0.25) is 0 Å². The molecule has 0 radical (unpaired) electrons. The van der Waals surface area contributed by atoms with E-state index in [-0.39, 0.29) is 5.41 Å². The number of likely N-dealkylation sites (N-methyl/N-ethyl adjacent to an activating group) is 1. The molecule has 2 N–H and O–H groups in total. The van der Waals surface area contributed by atoms with Crippen molar-refractivity contribution in [1.82, 2.24) is 0 Å². The number of nitrogens with zero attached hydrogens (tertiary/aromatic N) is 1. The number of para-hydroxylation sites is 1. The van der Waals surface area contributed by atoms with Crippen LogP contribution in [0.25, 0.3) is 0 Å². The molecule has 5 rings (SSSR count). The predicted molar refractivity (Wildman–Crippen MR) is 92.3 cm³/mol. The number of hydrogen-bond donors (Lipinski definition) is 2. The Bertz CT molecular complexity index is 699. The van der Waals surface area contributed by atoms with Gasteiger partial charge in [-0.05, 0) is 30.0 Å². The van der Waals surface area contributed by atoms with Gasteiger partial charge in [-0.2, -0.15) is 0 Å². The molecule has 23 heavy (non-hydrogen) atoms. The third kappa shape index (κ3) is 1.49. The highest BCUT2D eigenvalue weighted by Gasteiger charge is 2.70. The molecule has 1 aromatic rings. The lowest BCUT2D eigenvalue weighted by Gasteiger charge is -2.56. The van der Waals surface area contributed by atoms with Crippen molar-refractivity contribution in [2.24, 2.45) is 11.8 Å². The molecule has 0 amide bonds. The van der Waals surface area contributed by atoms with Gasteiger partial charge < -0.3 is 14.9 Å². The van der Waals surface area contributed by atoms with Crippen molar-refractivity contribution in [2.75, 3.05) is 32.1 Å². The summed E-state index contributed by atoms with van der Waals surface area (Å²) < 4.78 is 1.20. The fraction of sp³-hybridized carbons (Fsp3) is 0.600. The van der Waals surface area contributed by atoms with Crippen LogP contribution < -0.4 is 5.32 Å². The van der Waals surface area contributed by atoms with E-state index in [0.717, 1.165) is 0 Å². The molecule has 1 aliphatic carbocycles. The Hall–Kier alpha value is -1.32. The number of nitrogens with one attached hydrogen (secondary N) is 1. The molecule has 3 heteroatoms. The Morgan fingerprint density at radius 2 is 2.22 bits per heavy atom.